The zero-order valence-corrected chi connectivity index (χ0v) is 5.88. The smallest absolute Gasteiger partial charge is 0.0580 e. The molecule has 0 aliphatic heterocycles. The molecule has 0 radical (unpaired) electrons. The summed E-state index contributed by atoms with van der Waals surface area (Å²) in [4.78, 5) is 0. The van der Waals surface area contributed by atoms with E-state index in [1.54, 1.807) is 0 Å². The van der Waals surface area contributed by atoms with Crippen LogP contribution in [0.2, 0.25) is 0 Å². The molecule has 2 heteroatoms. The number of hydrogen-bond acceptors (Lipinski definition) is 2. The van der Waals surface area contributed by atoms with Crippen molar-refractivity contribution in [3.8, 4) is 0 Å². The highest BCUT2D eigenvalue weighted by atomic mass is 16.3. The fourth-order valence-corrected chi connectivity index (χ4v) is 1.33. The molecule has 2 nitrogen and oxygen atoms in total. The normalized spacial score (nSPS) is 45.0. The van der Waals surface area contributed by atoms with Crippen LogP contribution in [0.5, 0.6) is 0 Å². The first-order valence-electron chi connectivity index (χ1n) is 3.64. The van der Waals surface area contributed by atoms with E-state index in [0.29, 0.717) is 5.92 Å². The van der Waals surface area contributed by atoms with Crippen LogP contribution in [-0.4, -0.2) is 17.3 Å². The molecular weight excluding hydrogens is 114 g/mol. The van der Waals surface area contributed by atoms with E-state index in [2.05, 4.69) is 6.92 Å². The number of aliphatic hydroxyl groups is 1. The summed E-state index contributed by atoms with van der Waals surface area (Å²) >= 11 is 0. The molecule has 1 aliphatic rings. The minimum atomic E-state index is -0.145. The van der Waals surface area contributed by atoms with Crippen LogP contribution in [0, 0.1) is 5.92 Å². The summed E-state index contributed by atoms with van der Waals surface area (Å²) < 4.78 is 0. The first kappa shape index (κ1) is 7.03. The van der Waals surface area contributed by atoms with Crippen molar-refractivity contribution in [3.63, 3.8) is 0 Å². The van der Waals surface area contributed by atoms with E-state index < -0.39 is 0 Å². The van der Waals surface area contributed by atoms with Crippen molar-refractivity contribution in [3.05, 3.63) is 0 Å². The van der Waals surface area contributed by atoms with E-state index in [4.69, 9.17) is 5.73 Å². The SMILES string of the molecule is C[C@H]1CCC(N)C[C@@H]1O. The predicted octanol–water partition coefficient (Wildman–Crippen LogP) is 0.495. The molecular formula is C7H15NO. The van der Waals surface area contributed by atoms with Gasteiger partial charge in [-0.2, -0.15) is 0 Å². The second kappa shape index (κ2) is 2.67. The molecule has 3 atom stereocenters. The van der Waals surface area contributed by atoms with Crippen LogP contribution in [0.3, 0.4) is 0 Å². The molecule has 0 amide bonds. The highest BCUT2D eigenvalue weighted by Gasteiger charge is 2.22. The minimum absolute atomic E-state index is 0.145. The van der Waals surface area contributed by atoms with Gasteiger partial charge in [-0.1, -0.05) is 6.92 Å². The number of nitrogens with two attached hydrogens (primary N) is 1. The molecule has 9 heavy (non-hydrogen) atoms. The lowest BCUT2D eigenvalue weighted by molar-refractivity contribution is 0.0708. The van der Waals surface area contributed by atoms with Gasteiger partial charge in [0.25, 0.3) is 0 Å². The van der Waals surface area contributed by atoms with E-state index in [1.807, 2.05) is 0 Å². The fourth-order valence-electron chi connectivity index (χ4n) is 1.33. The first-order valence-corrected chi connectivity index (χ1v) is 3.64. The largest absolute Gasteiger partial charge is 0.393 e. The summed E-state index contributed by atoms with van der Waals surface area (Å²) in [6.45, 7) is 2.08. The molecule has 0 heterocycles. The van der Waals surface area contributed by atoms with E-state index >= 15 is 0 Å². The lowest BCUT2D eigenvalue weighted by atomic mass is 9.85. The Balaban J connectivity index is 2.35. The van der Waals surface area contributed by atoms with Gasteiger partial charge in [0.05, 0.1) is 6.10 Å². The second-order valence-electron chi connectivity index (χ2n) is 3.12. The van der Waals surface area contributed by atoms with Gasteiger partial charge in [0.2, 0.25) is 0 Å². The first-order chi connectivity index (χ1) is 4.20. The Bertz CT molecular complexity index is 94.9. The molecule has 0 aromatic heterocycles. The van der Waals surface area contributed by atoms with E-state index in [1.165, 1.54) is 0 Å². The molecule has 1 fully saturated rings. The summed E-state index contributed by atoms with van der Waals surface area (Å²) in [5, 5.41) is 9.27. The van der Waals surface area contributed by atoms with E-state index in [0.717, 1.165) is 19.3 Å². The summed E-state index contributed by atoms with van der Waals surface area (Å²) in [5.74, 6) is 0.463. The summed E-state index contributed by atoms with van der Waals surface area (Å²) in [7, 11) is 0. The lowest BCUT2D eigenvalue weighted by Gasteiger charge is -2.28. The summed E-state index contributed by atoms with van der Waals surface area (Å²) in [6, 6.07) is 0.246. The molecule has 0 saturated heterocycles. The van der Waals surface area contributed by atoms with Crippen LogP contribution in [-0.2, 0) is 0 Å². The van der Waals surface area contributed by atoms with E-state index in [-0.39, 0.29) is 12.1 Å². The number of aliphatic hydroxyl groups excluding tert-OH is 1. The van der Waals surface area contributed by atoms with Crippen molar-refractivity contribution >= 4 is 0 Å². The van der Waals surface area contributed by atoms with Crippen molar-refractivity contribution in [1.82, 2.24) is 0 Å². The maximum absolute atomic E-state index is 9.27. The van der Waals surface area contributed by atoms with Crippen molar-refractivity contribution in [2.75, 3.05) is 0 Å². The Morgan fingerprint density at radius 1 is 1.44 bits per heavy atom. The van der Waals surface area contributed by atoms with Crippen LogP contribution < -0.4 is 5.73 Å². The average molecular weight is 129 g/mol. The van der Waals surface area contributed by atoms with Gasteiger partial charge >= 0.3 is 0 Å². The van der Waals surface area contributed by atoms with Gasteiger partial charge in [-0.25, -0.2) is 0 Å². The zero-order chi connectivity index (χ0) is 6.85. The quantitative estimate of drug-likeness (QED) is 0.500. The predicted molar refractivity (Wildman–Crippen MR) is 37.0 cm³/mol. The van der Waals surface area contributed by atoms with Gasteiger partial charge in [0.15, 0.2) is 0 Å². The molecule has 3 N–H and O–H groups in total. The Labute approximate surface area is 56.1 Å². The molecule has 1 unspecified atom stereocenters. The van der Waals surface area contributed by atoms with Crippen LogP contribution in [0.1, 0.15) is 26.2 Å². The third-order valence-corrected chi connectivity index (χ3v) is 2.19. The van der Waals surface area contributed by atoms with Crippen molar-refractivity contribution in [1.29, 1.82) is 0 Å². The number of hydrogen-bond donors (Lipinski definition) is 2. The van der Waals surface area contributed by atoms with Gasteiger partial charge in [0, 0.05) is 6.04 Å². The molecule has 0 bridgehead atoms. The third-order valence-electron chi connectivity index (χ3n) is 2.19. The molecule has 54 valence electrons. The van der Waals surface area contributed by atoms with Crippen LogP contribution in [0.25, 0.3) is 0 Å². The van der Waals surface area contributed by atoms with Gasteiger partial charge in [-0.3, -0.25) is 0 Å². The van der Waals surface area contributed by atoms with Gasteiger partial charge in [-0.05, 0) is 25.2 Å². The van der Waals surface area contributed by atoms with Gasteiger partial charge < -0.3 is 10.8 Å². The second-order valence-corrected chi connectivity index (χ2v) is 3.12. The average Bonchev–Trinajstić information content (AvgIpc) is 1.80. The Kier molecular flexibility index (Phi) is 2.09. The van der Waals surface area contributed by atoms with Crippen molar-refractivity contribution < 1.29 is 5.11 Å². The summed E-state index contributed by atoms with van der Waals surface area (Å²) in [5.41, 5.74) is 5.63. The third kappa shape index (κ3) is 1.66. The van der Waals surface area contributed by atoms with Gasteiger partial charge in [0.1, 0.15) is 0 Å². The minimum Gasteiger partial charge on any atom is -0.393 e. The maximum Gasteiger partial charge on any atom is 0.0580 e. The molecule has 1 saturated carbocycles. The van der Waals surface area contributed by atoms with Crippen molar-refractivity contribution in [2.24, 2.45) is 11.7 Å². The summed E-state index contributed by atoms with van der Waals surface area (Å²) in [6.07, 6.45) is 2.82. The molecule has 0 spiro atoms. The fraction of sp³-hybridized carbons (Fsp3) is 1.00. The molecule has 0 aromatic rings. The van der Waals surface area contributed by atoms with Gasteiger partial charge in [-0.15, -0.1) is 0 Å². The number of rotatable bonds is 0. The topological polar surface area (TPSA) is 46.2 Å². The van der Waals surface area contributed by atoms with Crippen molar-refractivity contribution in [2.45, 2.75) is 38.3 Å². The standard InChI is InChI=1S/C7H15NO/c1-5-2-3-6(8)4-7(5)9/h5-7,9H,2-4,8H2,1H3/t5-,6?,7-/m0/s1. The lowest BCUT2D eigenvalue weighted by Crippen LogP contribution is -2.35. The molecule has 1 aliphatic carbocycles. The zero-order valence-electron chi connectivity index (χ0n) is 5.88. The van der Waals surface area contributed by atoms with Crippen LogP contribution >= 0.6 is 0 Å². The Hall–Kier alpha value is -0.0800. The molecule has 0 aromatic carbocycles. The highest BCUT2D eigenvalue weighted by Crippen LogP contribution is 2.22. The van der Waals surface area contributed by atoms with E-state index in [9.17, 15) is 5.11 Å². The Morgan fingerprint density at radius 3 is 2.56 bits per heavy atom. The van der Waals surface area contributed by atoms with Crippen LogP contribution in [0.4, 0.5) is 0 Å². The molecule has 1 rings (SSSR count). The Morgan fingerprint density at radius 2 is 2.11 bits per heavy atom. The monoisotopic (exact) mass is 129 g/mol. The van der Waals surface area contributed by atoms with Crippen LogP contribution in [0.15, 0.2) is 0 Å². The maximum atomic E-state index is 9.27. The highest BCUT2D eigenvalue weighted by molar-refractivity contribution is 4.78.